The van der Waals surface area contributed by atoms with Crippen LogP contribution in [0.1, 0.15) is 51.4 Å². The predicted octanol–water partition coefficient (Wildman–Crippen LogP) is 4.51. The van der Waals surface area contributed by atoms with Crippen LogP contribution in [-0.4, -0.2) is 35.9 Å². The molecule has 3 aliphatic rings. The van der Waals surface area contributed by atoms with E-state index in [0.717, 1.165) is 12.2 Å². The lowest BCUT2D eigenvalue weighted by Crippen LogP contribution is -2.37. The second-order valence-corrected chi connectivity index (χ2v) is 8.60. The Morgan fingerprint density at radius 3 is 2.27 bits per heavy atom. The molecule has 1 aliphatic heterocycles. The van der Waals surface area contributed by atoms with Crippen molar-refractivity contribution in [2.75, 3.05) is 13.7 Å². The minimum Gasteiger partial charge on any atom is -0.494 e. The molecule has 0 unspecified atom stereocenters. The van der Waals surface area contributed by atoms with E-state index in [-0.39, 0.29) is 11.9 Å². The fraction of sp³-hybridized carbons (Fsp3) is 0.478. The first kappa shape index (κ1) is 20.6. The van der Waals surface area contributed by atoms with Crippen molar-refractivity contribution in [1.82, 2.24) is 4.90 Å². The minimum absolute atomic E-state index is 0.299. The van der Waals surface area contributed by atoms with Crippen molar-refractivity contribution >= 4 is 12.6 Å². The third-order valence-electron chi connectivity index (χ3n) is 6.19. The summed E-state index contributed by atoms with van der Waals surface area (Å²) in [5, 5.41) is 19.7. The van der Waals surface area contributed by atoms with Gasteiger partial charge in [-0.3, -0.25) is 0 Å². The SMILES string of the molecule is CN1C=C(O)OB(c2ccc(OCC3=CC4(CCCCC4)CCC3)cc2)O/C(O)=C\1. The van der Waals surface area contributed by atoms with Crippen molar-refractivity contribution in [3.63, 3.8) is 0 Å². The Labute approximate surface area is 178 Å². The maximum absolute atomic E-state index is 9.87. The molecule has 2 N–H and O–H groups in total. The molecule has 1 fully saturated rings. The van der Waals surface area contributed by atoms with Gasteiger partial charge in [0.15, 0.2) is 0 Å². The van der Waals surface area contributed by atoms with Crippen molar-refractivity contribution in [3.05, 3.63) is 60.2 Å². The molecule has 1 aromatic rings. The van der Waals surface area contributed by atoms with Crippen molar-refractivity contribution in [1.29, 1.82) is 0 Å². The number of aliphatic hydroxyl groups excluding tert-OH is 2. The summed E-state index contributed by atoms with van der Waals surface area (Å²) >= 11 is 0. The van der Waals surface area contributed by atoms with Gasteiger partial charge in [-0.15, -0.1) is 0 Å². The molecular formula is C23H30BNO5. The Kier molecular flexibility index (Phi) is 6.16. The largest absolute Gasteiger partial charge is 0.636 e. The molecule has 0 bridgehead atoms. The van der Waals surface area contributed by atoms with Gasteiger partial charge in [-0.1, -0.05) is 37.5 Å². The smallest absolute Gasteiger partial charge is 0.494 e. The molecule has 0 amide bonds. The van der Waals surface area contributed by atoms with Gasteiger partial charge in [0.2, 0.25) is 0 Å². The van der Waals surface area contributed by atoms with Gasteiger partial charge in [0, 0.05) is 12.5 Å². The summed E-state index contributed by atoms with van der Waals surface area (Å²) < 4.78 is 16.8. The van der Waals surface area contributed by atoms with E-state index in [1.807, 2.05) is 24.3 Å². The summed E-state index contributed by atoms with van der Waals surface area (Å²) in [5.41, 5.74) is 2.49. The van der Waals surface area contributed by atoms with Crippen LogP contribution >= 0.6 is 0 Å². The molecule has 2 aliphatic carbocycles. The fourth-order valence-corrected chi connectivity index (χ4v) is 4.73. The highest BCUT2D eigenvalue weighted by molar-refractivity contribution is 6.61. The molecule has 1 aromatic carbocycles. The third kappa shape index (κ3) is 5.07. The van der Waals surface area contributed by atoms with Crippen LogP contribution in [0.25, 0.3) is 0 Å². The highest BCUT2D eigenvalue weighted by Crippen LogP contribution is 2.45. The Balaban J connectivity index is 1.38. The maximum atomic E-state index is 9.87. The Bertz CT molecular complexity index is 805. The normalized spacial score (nSPS) is 23.2. The van der Waals surface area contributed by atoms with Crippen molar-refractivity contribution in [2.45, 2.75) is 51.4 Å². The number of allylic oxidation sites excluding steroid dienone is 1. The number of ether oxygens (including phenoxy) is 1. The van der Waals surface area contributed by atoms with Crippen molar-refractivity contribution in [3.8, 4) is 5.75 Å². The topological polar surface area (TPSA) is 71.4 Å². The number of rotatable bonds is 4. The van der Waals surface area contributed by atoms with Gasteiger partial charge >= 0.3 is 7.12 Å². The average molecular weight is 411 g/mol. The van der Waals surface area contributed by atoms with Crippen LogP contribution in [0, 0.1) is 5.41 Å². The Morgan fingerprint density at radius 1 is 0.967 bits per heavy atom. The summed E-state index contributed by atoms with van der Waals surface area (Å²) in [6.07, 6.45) is 15.6. The van der Waals surface area contributed by atoms with Crippen molar-refractivity contribution < 1.29 is 24.3 Å². The van der Waals surface area contributed by atoms with Crippen LogP contribution in [0.3, 0.4) is 0 Å². The van der Waals surface area contributed by atoms with Gasteiger partial charge in [0.25, 0.3) is 11.9 Å². The molecule has 4 rings (SSSR count). The van der Waals surface area contributed by atoms with Crippen LogP contribution in [-0.2, 0) is 9.31 Å². The van der Waals surface area contributed by atoms with E-state index >= 15 is 0 Å². The summed E-state index contributed by atoms with van der Waals surface area (Å²) in [4.78, 5) is 1.44. The van der Waals surface area contributed by atoms with Gasteiger partial charge in [0.1, 0.15) is 12.4 Å². The minimum atomic E-state index is -0.951. The monoisotopic (exact) mass is 411 g/mol. The number of nitrogens with zero attached hydrogens (tertiary/aromatic N) is 1. The molecule has 1 heterocycles. The van der Waals surface area contributed by atoms with Gasteiger partial charge in [-0.2, -0.15) is 0 Å². The van der Waals surface area contributed by atoms with Crippen LogP contribution in [0.15, 0.2) is 60.2 Å². The zero-order chi connectivity index (χ0) is 21.0. The zero-order valence-corrected chi connectivity index (χ0v) is 17.5. The molecule has 0 atom stereocenters. The molecule has 30 heavy (non-hydrogen) atoms. The third-order valence-corrected chi connectivity index (χ3v) is 6.19. The van der Waals surface area contributed by atoms with Gasteiger partial charge in [-0.25, -0.2) is 0 Å². The first-order valence-corrected chi connectivity index (χ1v) is 10.8. The molecule has 1 spiro atoms. The lowest BCUT2D eigenvalue weighted by Gasteiger charge is -2.38. The Morgan fingerprint density at radius 2 is 1.60 bits per heavy atom. The average Bonchev–Trinajstić information content (AvgIpc) is 2.71. The lowest BCUT2D eigenvalue weighted by atomic mass is 9.67. The van der Waals surface area contributed by atoms with E-state index < -0.39 is 7.12 Å². The summed E-state index contributed by atoms with van der Waals surface area (Å²) in [6, 6.07) is 7.33. The van der Waals surface area contributed by atoms with Crippen LogP contribution in [0.4, 0.5) is 0 Å². The van der Waals surface area contributed by atoms with Crippen LogP contribution in [0.2, 0.25) is 0 Å². The zero-order valence-electron chi connectivity index (χ0n) is 17.5. The molecule has 1 saturated carbocycles. The molecule has 0 radical (unpaired) electrons. The van der Waals surface area contributed by atoms with E-state index in [9.17, 15) is 10.2 Å². The van der Waals surface area contributed by atoms with Gasteiger partial charge < -0.3 is 29.2 Å². The van der Waals surface area contributed by atoms with Gasteiger partial charge in [0.05, 0.1) is 12.4 Å². The van der Waals surface area contributed by atoms with E-state index in [1.165, 1.54) is 67.8 Å². The molecule has 160 valence electrons. The maximum Gasteiger partial charge on any atom is 0.636 e. The lowest BCUT2D eigenvalue weighted by molar-refractivity contribution is 0.124. The number of hydrogen-bond donors (Lipinski definition) is 2. The van der Waals surface area contributed by atoms with Crippen LogP contribution < -0.4 is 10.2 Å². The molecule has 0 aromatic heterocycles. The van der Waals surface area contributed by atoms with Gasteiger partial charge in [-0.05, 0) is 55.2 Å². The van der Waals surface area contributed by atoms with Crippen molar-refractivity contribution in [2.24, 2.45) is 5.41 Å². The van der Waals surface area contributed by atoms with Crippen LogP contribution in [0.5, 0.6) is 5.75 Å². The molecule has 0 saturated heterocycles. The molecular weight excluding hydrogens is 381 g/mol. The quantitative estimate of drug-likeness (QED) is 0.561. The summed E-state index contributed by atoms with van der Waals surface area (Å²) in [7, 11) is 0.691. The molecule has 6 nitrogen and oxygen atoms in total. The standard InChI is InChI=1S/C23H30BNO5/c1-25-15-21(26)29-24(30-22(27)16-25)19-7-9-20(10-8-19)28-17-18-6-5-13-23(14-18)11-3-2-4-12-23/h7-10,14-16,26-27H,2-6,11-13,17H2,1H3/b21-15-,22-16?. The second-order valence-electron chi connectivity index (χ2n) is 8.60. The Hall–Kier alpha value is -2.70. The highest BCUT2D eigenvalue weighted by Gasteiger charge is 2.32. The first-order chi connectivity index (χ1) is 14.5. The number of hydrogen-bond acceptors (Lipinski definition) is 6. The predicted molar refractivity (Wildman–Crippen MR) is 116 cm³/mol. The second kappa shape index (κ2) is 8.98. The van der Waals surface area contributed by atoms with E-state index in [0.29, 0.717) is 17.5 Å². The van der Waals surface area contributed by atoms with E-state index in [4.69, 9.17) is 14.0 Å². The summed E-state index contributed by atoms with van der Waals surface area (Å²) in [5.74, 6) is 0.174. The molecule has 7 heteroatoms. The summed E-state index contributed by atoms with van der Waals surface area (Å²) in [6.45, 7) is 0.622. The number of aliphatic hydroxyl groups is 2. The number of benzene rings is 1. The van der Waals surface area contributed by atoms with E-state index in [2.05, 4.69) is 6.08 Å². The first-order valence-electron chi connectivity index (χ1n) is 10.8. The highest BCUT2D eigenvalue weighted by atomic mass is 16.7. The fourth-order valence-electron chi connectivity index (χ4n) is 4.73. The van der Waals surface area contributed by atoms with E-state index in [1.54, 1.807) is 7.05 Å².